The summed E-state index contributed by atoms with van der Waals surface area (Å²) in [6, 6.07) is 1.55. The molecule has 1 aromatic carbocycles. The minimum Gasteiger partial charge on any atom is -0.336 e. The van der Waals surface area contributed by atoms with Crippen LogP contribution < -0.4 is 10.6 Å². The molecule has 1 aromatic rings. The lowest BCUT2D eigenvalue weighted by Gasteiger charge is -2.12. The lowest BCUT2D eigenvalue weighted by Crippen LogP contribution is -2.22. The summed E-state index contributed by atoms with van der Waals surface area (Å²) in [5, 5.41) is 4.91. The Morgan fingerprint density at radius 1 is 1.40 bits per heavy atom. The van der Waals surface area contributed by atoms with E-state index >= 15 is 0 Å². The van der Waals surface area contributed by atoms with Crippen LogP contribution in [0.2, 0.25) is 0 Å². The van der Waals surface area contributed by atoms with Gasteiger partial charge < -0.3 is 10.6 Å². The van der Waals surface area contributed by atoms with Crippen molar-refractivity contribution in [3.05, 3.63) is 34.9 Å². The third-order valence-corrected chi connectivity index (χ3v) is 2.44. The van der Waals surface area contributed by atoms with Gasteiger partial charge in [-0.2, -0.15) is 0 Å². The van der Waals surface area contributed by atoms with E-state index in [0.717, 1.165) is 0 Å². The fourth-order valence-corrected chi connectivity index (χ4v) is 1.63. The van der Waals surface area contributed by atoms with Gasteiger partial charge in [0.2, 0.25) is 0 Å². The monoisotopic (exact) mass is 212 g/mol. The first-order valence-electron chi connectivity index (χ1n) is 4.58. The third-order valence-electron chi connectivity index (χ3n) is 2.44. The third kappa shape index (κ3) is 1.65. The zero-order valence-corrected chi connectivity index (χ0v) is 8.10. The van der Waals surface area contributed by atoms with Crippen molar-refractivity contribution in [3.8, 4) is 0 Å². The van der Waals surface area contributed by atoms with Crippen LogP contribution in [0, 0.1) is 18.6 Å². The zero-order valence-electron chi connectivity index (χ0n) is 8.10. The average Bonchev–Trinajstić information content (AvgIpc) is 2.59. The normalized spacial score (nSPS) is 19.9. The Hall–Kier alpha value is -1.65. The molecule has 2 amide bonds. The lowest BCUT2D eigenvalue weighted by molar-refractivity contribution is 0.247. The molecule has 0 spiro atoms. The van der Waals surface area contributed by atoms with Crippen LogP contribution in [0.25, 0.3) is 0 Å². The molecule has 1 aliphatic heterocycles. The van der Waals surface area contributed by atoms with E-state index in [1.54, 1.807) is 6.92 Å². The van der Waals surface area contributed by atoms with Crippen molar-refractivity contribution in [2.24, 2.45) is 0 Å². The highest BCUT2D eigenvalue weighted by atomic mass is 19.1. The summed E-state index contributed by atoms with van der Waals surface area (Å²) in [5.41, 5.74) is 0.292. The molecule has 0 radical (unpaired) electrons. The molecule has 80 valence electrons. The zero-order chi connectivity index (χ0) is 11.0. The summed E-state index contributed by atoms with van der Waals surface area (Å²) >= 11 is 0. The van der Waals surface area contributed by atoms with Crippen molar-refractivity contribution in [1.82, 2.24) is 10.6 Å². The number of carbonyl (C=O) groups excluding carboxylic acids is 1. The van der Waals surface area contributed by atoms with Gasteiger partial charge in [0.05, 0.1) is 6.04 Å². The number of amides is 2. The number of halogens is 2. The molecular weight excluding hydrogens is 202 g/mol. The van der Waals surface area contributed by atoms with Crippen LogP contribution in [-0.2, 0) is 0 Å². The van der Waals surface area contributed by atoms with Gasteiger partial charge in [-0.25, -0.2) is 13.6 Å². The molecule has 2 rings (SSSR count). The Kier molecular flexibility index (Phi) is 2.30. The minimum atomic E-state index is -0.632. The summed E-state index contributed by atoms with van der Waals surface area (Å²) < 4.78 is 27.0. The van der Waals surface area contributed by atoms with Crippen molar-refractivity contribution in [2.75, 3.05) is 6.54 Å². The highest BCUT2D eigenvalue weighted by Gasteiger charge is 2.27. The molecule has 1 aliphatic rings. The molecule has 0 aromatic heterocycles. The molecule has 1 heterocycles. The second-order valence-electron chi connectivity index (χ2n) is 3.50. The van der Waals surface area contributed by atoms with Crippen molar-refractivity contribution in [2.45, 2.75) is 13.0 Å². The first-order chi connectivity index (χ1) is 7.09. The largest absolute Gasteiger partial charge is 0.336 e. The Morgan fingerprint density at radius 3 is 2.73 bits per heavy atom. The van der Waals surface area contributed by atoms with Crippen LogP contribution in [0.5, 0.6) is 0 Å². The fraction of sp³-hybridized carbons (Fsp3) is 0.300. The van der Waals surface area contributed by atoms with E-state index in [0.29, 0.717) is 5.56 Å². The highest BCUT2D eigenvalue weighted by molar-refractivity contribution is 5.76. The number of hydrogen-bond donors (Lipinski definition) is 2. The van der Waals surface area contributed by atoms with E-state index in [4.69, 9.17) is 0 Å². The van der Waals surface area contributed by atoms with Crippen LogP contribution in [0.3, 0.4) is 0 Å². The molecule has 1 atom stereocenters. The minimum absolute atomic E-state index is 0.0756. The van der Waals surface area contributed by atoms with Gasteiger partial charge in [-0.3, -0.25) is 0 Å². The van der Waals surface area contributed by atoms with Crippen LogP contribution in [0.15, 0.2) is 12.1 Å². The smallest absolute Gasteiger partial charge is 0.315 e. The Balaban J connectivity index is 2.43. The topological polar surface area (TPSA) is 41.1 Å². The van der Waals surface area contributed by atoms with E-state index in [-0.39, 0.29) is 12.1 Å². The molecule has 2 N–H and O–H groups in total. The van der Waals surface area contributed by atoms with Gasteiger partial charge in [0.1, 0.15) is 11.6 Å². The van der Waals surface area contributed by atoms with Gasteiger partial charge in [-0.05, 0) is 18.6 Å². The second kappa shape index (κ2) is 3.49. The molecule has 3 nitrogen and oxygen atoms in total. The number of hydrogen-bond acceptors (Lipinski definition) is 1. The molecule has 5 heteroatoms. The maximum absolute atomic E-state index is 13.6. The summed E-state index contributed by atoms with van der Waals surface area (Å²) in [6.45, 7) is 1.76. The second-order valence-corrected chi connectivity index (χ2v) is 3.50. The van der Waals surface area contributed by atoms with Crippen LogP contribution >= 0.6 is 0 Å². The first-order valence-corrected chi connectivity index (χ1v) is 4.58. The summed E-state index contributed by atoms with van der Waals surface area (Å²) in [4.78, 5) is 10.9. The average molecular weight is 212 g/mol. The predicted octanol–water partition coefficient (Wildman–Crippen LogP) is 1.63. The molecule has 0 aliphatic carbocycles. The number of carbonyl (C=O) groups is 1. The Morgan fingerprint density at radius 2 is 2.13 bits per heavy atom. The number of rotatable bonds is 1. The Bertz CT molecular complexity index is 420. The predicted molar refractivity (Wildman–Crippen MR) is 50.4 cm³/mol. The van der Waals surface area contributed by atoms with Gasteiger partial charge in [-0.1, -0.05) is 6.07 Å². The van der Waals surface area contributed by atoms with E-state index in [1.165, 1.54) is 12.1 Å². The maximum atomic E-state index is 13.6. The number of urea groups is 1. The first kappa shape index (κ1) is 9.89. The lowest BCUT2D eigenvalue weighted by atomic mass is 10.0. The van der Waals surface area contributed by atoms with Crippen LogP contribution in [0.1, 0.15) is 17.2 Å². The molecule has 0 unspecified atom stereocenters. The Labute approximate surface area is 85.5 Å². The number of benzene rings is 1. The quantitative estimate of drug-likeness (QED) is 0.729. The number of nitrogens with one attached hydrogen (secondary N) is 2. The van der Waals surface area contributed by atoms with E-state index < -0.39 is 23.7 Å². The molecule has 15 heavy (non-hydrogen) atoms. The summed E-state index contributed by atoms with van der Waals surface area (Å²) in [7, 11) is 0. The van der Waals surface area contributed by atoms with Crippen molar-refractivity contribution in [3.63, 3.8) is 0 Å². The molecule has 0 saturated carbocycles. The molecular formula is C10H10F2N2O. The standard InChI is InChI=1S/C10H10F2N2O/c1-5-2-3-6(11)8(9(5)12)7-4-13-10(15)14-7/h2-3,7H,4H2,1H3,(H2,13,14,15)/t7-/m0/s1. The van der Waals surface area contributed by atoms with Crippen LogP contribution in [0.4, 0.5) is 13.6 Å². The van der Waals surface area contributed by atoms with E-state index in [1.807, 2.05) is 0 Å². The molecule has 1 fully saturated rings. The summed E-state index contributed by atoms with van der Waals surface area (Å²) in [5.74, 6) is -1.23. The van der Waals surface area contributed by atoms with Gasteiger partial charge in [0.25, 0.3) is 0 Å². The molecule has 0 bridgehead atoms. The van der Waals surface area contributed by atoms with Gasteiger partial charge in [-0.15, -0.1) is 0 Å². The van der Waals surface area contributed by atoms with Gasteiger partial charge in [0.15, 0.2) is 0 Å². The van der Waals surface area contributed by atoms with E-state index in [9.17, 15) is 13.6 Å². The molecule has 1 saturated heterocycles. The van der Waals surface area contributed by atoms with E-state index in [2.05, 4.69) is 10.6 Å². The fourth-order valence-electron chi connectivity index (χ4n) is 1.63. The van der Waals surface area contributed by atoms with Crippen LogP contribution in [-0.4, -0.2) is 12.6 Å². The maximum Gasteiger partial charge on any atom is 0.315 e. The number of aryl methyl sites for hydroxylation is 1. The van der Waals surface area contributed by atoms with Crippen molar-refractivity contribution >= 4 is 6.03 Å². The highest BCUT2D eigenvalue weighted by Crippen LogP contribution is 2.24. The van der Waals surface area contributed by atoms with Gasteiger partial charge >= 0.3 is 6.03 Å². The van der Waals surface area contributed by atoms with Crippen molar-refractivity contribution < 1.29 is 13.6 Å². The van der Waals surface area contributed by atoms with Crippen molar-refractivity contribution in [1.29, 1.82) is 0 Å². The SMILES string of the molecule is Cc1ccc(F)c([C@@H]2CNC(=O)N2)c1F. The summed E-state index contributed by atoms with van der Waals surface area (Å²) in [6.07, 6.45) is 0. The van der Waals surface area contributed by atoms with Gasteiger partial charge in [0, 0.05) is 12.1 Å².